The molecule has 4 rings (SSSR count). The maximum atomic E-state index is 6.37. The number of ether oxygens (including phenoxy) is 3. The number of imidazole rings is 1. The van der Waals surface area contributed by atoms with E-state index in [-0.39, 0.29) is 0 Å². The van der Waals surface area contributed by atoms with E-state index in [1.54, 1.807) is 21.3 Å². The van der Waals surface area contributed by atoms with Crippen LogP contribution in [0.1, 0.15) is 11.1 Å². The molecule has 5 nitrogen and oxygen atoms in total. The first-order valence-corrected chi connectivity index (χ1v) is 10.0. The molecular weight excluding hydrogens is 423 g/mol. The summed E-state index contributed by atoms with van der Waals surface area (Å²) in [4.78, 5) is 8.23. The van der Waals surface area contributed by atoms with Gasteiger partial charge in [0.1, 0.15) is 5.82 Å². The van der Waals surface area contributed by atoms with Crippen LogP contribution in [0.15, 0.2) is 48.5 Å². The predicted molar refractivity (Wildman–Crippen MR) is 120 cm³/mol. The molecular formula is C23H20Cl2N2O3. The highest BCUT2D eigenvalue weighted by molar-refractivity contribution is 6.36. The second kappa shape index (κ2) is 8.46. The van der Waals surface area contributed by atoms with Gasteiger partial charge in [-0.2, -0.15) is 0 Å². The number of nitrogens with one attached hydrogen (secondary N) is 1. The van der Waals surface area contributed by atoms with Gasteiger partial charge < -0.3 is 19.2 Å². The molecule has 3 aromatic carbocycles. The van der Waals surface area contributed by atoms with Gasteiger partial charge in [-0.3, -0.25) is 0 Å². The number of hydrogen-bond donors (Lipinski definition) is 1. The van der Waals surface area contributed by atoms with Crippen LogP contribution in [0, 0.1) is 0 Å². The van der Waals surface area contributed by atoms with Crippen molar-refractivity contribution in [3.63, 3.8) is 0 Å². The standard InChI is InChI=1S/C23H20Cl2N2O3/c1-28-19-11-14(12-20(29-2)22(19)30-3)23-26-18-9-4-6-13(21(18)27-23)10-15-16(24)7-5-8-17(15)25/h4-9,11-12H,10H2,1-3H3,(H,26,27). The molecule has 0 saturated heterocycles. The monoisotopic (exact) mass is 442 g/mol. The Hall–Kier alpha value is -2.89. The molecule has 154 valence electrons. The van der Waals surface area contributed by atoms with Crippen molar-refractivity contribution in [2.24, 2.45) is 0 Å². The number of hydrogen-bond acceptors (Lipinski definition) is 4. The van der Waals surface area contributed by atoms with Gasteiger partial charge in [-0.25, -0.2) is 4.98 Å². The van der Waals surface area contributed by atoms with Gasteiger partial charge in [0.05, 0.1) is 32.4 Å². The van der Waals surface area contributed by atoms with E-state index in [2.05, 4.69) is 4.98 Å². The number of benzene rings is 3. The molecule has 0 radical (unpaired) electrons. The number of halogens is 2. The lowest BCUT2D eigenvalue weighted by Gasteiger charge is -2.13. The zero-order chi connectivity index (χ0) is 21.3. The molecule has 0 aliphatic heterocycles. The van der Waals surface area contributed by atoms with Crippen molar-refractivity contribution in [3.8, 4) is 28.6 Å². The molecule has 0 aliphatic rings. The topological polar surface area (TPSA) is 56.4 Å². The second-order valence-corrected chi connectivity index (χ2v) is 7.50. The normalized spacial score (nSPS) is 11.0. The Morgan fingerprint density at radius 3 is 2.10 bits per heavy atom. The van der Waals surface area contributed by atoms with Gasteiger partial charge in [-0.15, -0.1) is 0 Å². The first-order chi connectivity index (χ1) is 14.5. The summed E-state index contributed by atoms with van der Waals surface area (Å²) in [5, 5.41) is 1.28. The first kappa shape index (κ1) is 20.4. The predicted octanol–water partition coefficient (Wildman–Crippen LogP) is 6.15. The number of nitrogens with zero attached hydrogens (tertiary/aromatic N) is 1. The number of aromatic nitrogens is 2. The number of para-hydroxylation sites is 1. The fraction of sp³-hybridized carbons (Fsp3) is 0.174. The highest BCUT2D eigenvalue weighted by atomic mass is 35.5. The Morgan fingerprint density at radius 1 is 0.867 bits per heavy atom. The summed E-state index contributed by atoms with van der Waals surface area (Å²) in [6, 6.07) is 15.3. The van der Waals surface area contributed by atoms with Crippen LogP contribution >= 0.6 is 23.2 Å². The number of methoxy groups -OCH3 is 3. The molecule has 7 heteroatoms. The lowest BCUT2D eigenvalue weighted by Crippen LogP contribution is -1.96. The highest BCUT2D eigenvalue weighted by Gasteiger charge is 2.17. The van der Waals surface area contributed by atoms with E-state index in [0.717, 1.165) is 27.7 Å². The minimum Gasteiger partial charge on any atom is -0.493 e. The van der Waals surface area contributed by atoms with Crippen LogP contribution in [0.2, 0.25) is 10.0 Å². The first-order valence-electron chi connectivity index (χ1n) is 9.26. The van der Waals surface area contributed by atoms with Crippen molar-refractivity contribution in [2.45, 2.75) is 6.42 Å². The molecule has 0 fully saturated rings. The smallest absolute Gasteiger partial charge is 0.203 e. The van der Waals surface area contributed by atoms with Crippen molar-refractivity contribution in [2.75, 3.05) is 21.3 Å². The Balaban J connectivity index is 1.81. The van der Waals surface area contributed by atoms with Crippen LogP contribution < -0.4 is 14.2 Å². The zero-order valence-corrected chi connectivity index (χ0v) is 18.3. The van der Waals surface area contributed by atoms with E-state index < -0.39 is 0 Å². The Labute approximate surface area is 184 Å². The molecule has 4 aromatic rings. The molecule has 0 atom stereocenters. The fourth-order valence-corrected chi connectivity index (χ4v) is 4.01. The molecule has 30 heavy (non-hydrogen) atoms. The quantitative estimate of drug-likeness (QED) is 0.388. The molecule has 0 unspecified atom stereocenters. The van der Waals surface area contributed by atoms with Gasteiger partial charge in [0.25, 0.3) is 0 Å². The molecule has 0 spiro atoms. The number of aromatic amines is 1. The van der Waals surface area contributed by atoms with E-state index in [0.29, 0.717) is 39.5 Å². The number of rotatable bonds is 6. The Bertz CT molecular complexity index is 1180. The third-order valence-electron chi connectivity index (χ3n) is 4.96. The van der Waals surface area contributed by atoms with Gasteiger partial charge >= 0.3 is 0 Å². The van der Waals surface area contributed by atoms with Crippen molar-refractivity contribution in [3.05, 3.63) is 69.7 Å². The summed E-state index contributed by atoms with van der Waals surface area (Å²) in [7, 11) is 4.75. The van der Waals surface area contributed by atoms with E-state index in [1.807, 2.05) is 48.5 Å². The summed E-state index contributed by atoms with van der Waals surface area (Å²) in [6.07, 6.45) is 0.579. The van der Waals surface area contributed by atoms with Crippen LogP contribution in [-0.4, -0.2) is 31.3 Å². The molecule has 0 saturated carbocycles. The van der Waals surface area contributed by atoms with Crippen LogP contribution in [0.3, 0.4) is 0 Å². The third kappa shape index (κ3) is 3.66. The summed E-state index contributed by atoms with van der Waals surface area (Å²) >= 11 is 12.7. The summed E-state index contributed by atoms with van der Waals surface area (Å²) in [5.41, 5.74) is 4.50. The largest absolute Gasteiger partial charge is 0.493 e. The van der Waals surface area contributed by atoms with Crippen LogP contribution in [0.4, 0.5) is 0 Å². The van der Waals surface area contributed by atoms with Crippen molar-refractivity contribution >= 4 is 34.2 Å². The number of fused-ring (bicyclic) bond motifs is 1. The van der Waals surface area contributed by atoms with E-state index in [1.165, 1.54) is 0 Å². The summed E-state index contributed by atoms with van der Waals surface area (Å²) < 4.78 is 16.3. The van der Waals surface area contributed by atoms with Crippen molar-refractivity contribution in [1.29, 1.82) is 0 Å². The maximum Gasteiger partial charge on any atom is 0.203 e. The lowest BCUT2D eigenvalue weighted by atomic mass is 10.0. The van der Waals surface area contributed by atoms with Crippen molar-refractivity contribution in [1.82, 2.24) is 9.97 Å². The van der Waals surface area contributed by atoms with Crippen LogP contribution in [0.25, 0.3) is 22.4 Å². The van der Waals surface area contributed by atoms with Gasteiger partial charge in [0, 0.05) is 22.0 Å². The Kier molecular flexibility index (Phi) is 5.75. The average Bonchev–Trinajstić information content (AvgIpc) is 3.20. The molecule has 1 N–H and O–H groups in total. The molecule has 0 amide bonds. The lowest BCUT2D eigenvalue weighted by molar-refractivity contribution is 0.324. The van der Waals surface area contributed by atoms with E-state index >= 15 is 0 Å². The second-order valence-electron chi connectivity index (χ2n) is 6.69. The van der Waals surface area contributed by atoms with Gasteiger partial charge in [-0.1, -0.05) is 41.4 Å². The molecule has 0 aliphatic carbocycles. The minimum atomic E-state index is 0.536. The highest BCUT2D eigenvalue weighted by Crippen LogP contribution is 2.41. The third-order valence-corrected chi connectivity index (χ3v) is 5.67. The SMILES string of the molecule is COc1cc(-c2nc3c(Cc4c(Cl)cccc4Cl)cccc3[nH]2)cc(OC)c1OC. The zero-order valence-electron chi connectivity index (χ0n) is 16.8. The fourth-order valence-electron chi connectivity index (χ4n) is 3.48. The van der Waals surface area contributed by atoms with Crippen molar-refractivity contribution < 1.29 is 14.2 Å². The Morgan fingerprint density at radius 2 is 1.50 bits per heavy atom. The van der Waals surface area contributed by atoms with Gasteiger partial charge in [-0.05, 0) is 41.5 Å². The molecule has 1 heterocycles. The van der Waals surface area contributed by atoms with E-state index in [9.17, 15) is 0 Å². The van der Waals surface area contributed by atoms with Gasteiger partial charge in [0.2, 0.25) is 5.75 Å². The van der Waals surface area contributed by atoms with Crippen LogP contribution in [0.5, 0.6) is 17.2 Å². The summed E-state index contributed by atoms with van der Waals surface area (Å²) in [6.45, 7) is 0. The number of H-pyrrole nitrogens is 1. The molecule has 1 aromatic heterocycles. The minimum absolute atomic E-state index is 0.536. The van der Waals surface area contributed by atoms with E-state index in [4.69, 9.17) is 42.4 Å². The van der Waals surface area contributed by atoms with Crippen LogP contribution in [-0.2, 0) is 6.42 Å². The van der Waals surface area contributed by atoms with Gasteiger partial charge in [0.15, 0.2) is 11.5 Å². The molecule has 0 bridgehead atoms. The summed E-state index contributed by atoms with van der Waals surface area (Å²) in [5.74, 6) is 2.36. The average molecular weight is 443 g/mol. The maximum absolute atomic E-state index is 6.37.